The highest BCUT2D eigenvalue weighted by Crippen LogP contribution is 2.20. The van der Waals surface area contributed by atoms with E-state index in [-0.39, 0.29) is 18.0 Å². The summed E-state index contributed by atoms with van der Waals surface area (Å²) >= 11 is 0. The fourth-order valence-corrected chi connectivity index (χ4v) is 1.35. The molecule has 4 heteroatoms. The van der Waals surface area contributed by atoms with Crippen LogP contribution in [0.5, 0.6) is 11.5 Å². The Morgan fingerprint density at radius 2 is 1.59 bits per heavy atom. The third kappa shape index (κ3) is 3.66. The smallest absolute Gasteiger partial charge is 0.312 e. The van der Waals surface area contributed by atoms with Crippen LogP contribution < -0.4 is 9.47 Å². The number of carbonyl (C=O) groups is 1. The molecule has 0 N–H and O–H groups in total. The molecule has 2 unspecified atom stereocenters. The van der Waals surface area contributed by atoms with E-state index in [1.54, 1.807) is 26.2 Å². The first-order valence-corrected chi connectivity index (χ1v) is 5.47. The zero-order valence-corrected chi connectivity index (χ0v) is 10.6. The molecule has 4 nitrogen and oxygen atoms in total. The van der Waals surface area contributed by atoms with Crippen molar-refractivity contribution in [3.8, 4) is 11.5 Å². The lowest BCUT2D eigenvalue weighted by molar-refractivity contribution is -0.147. The zero-order chi connectivity index (χ0) is 12.8. The van der Waals surface area contributed by atoms with Crippen molar-refractivity contribution < 1.29 is 19.0 Å². The summed E-state index contributed by atoms with van der Waals surface area (Å²) in [6.45, 7) is 3.62. The number of methoxy groups -OCH3 is 2. The van der Waals surface area contributed by atoms with Gasteiger partial charge in [0.05, 0.1) is 20.1 Å². The second kappa shape index (κ2) is 6.13. The van der Waals surface area contributed by atoms with Crippen molar-refractivity contribution in [1.29, 1.82) is 0 Å². The lowest BCUT2D eigenvalue weighted by Gasteiger charge is -2.19. The highest BCUT2D eigenvalue weighted by molar-refractivity contribution is 5.72. The largest absolute Gasteiger partial charge is 0.497 e. The van der Waals surface area contributed by atoms with E-state index in [1.165, 1.54) is 7.11 Å². The monoisotopic (exact) mass is 238 g/mol. The predicted molar refractivity (Wildman–Crippen MR) is 64.3 cm³/mol. The maximum absolute atomic E-state index is 11.3. The molecule has 0 bridgehead atoms. The molecule has 0 fully saturated rings. The molecule has 0 spiro atoms. The van der Waals surface area contributed by atoms with E-state index < -0.39 is 0 Å². The zero-order valence-electron chi connectivity index (χ0n) is 10.6. The molecule has 0 saturated carbocycles. The lowest BCUT2D eigenvalue weighted by atomic mass is 10.1. The molecule has 0 heterocycles. The minimum absolute atomic E-state index is 0.240. The van der Waals surface area contributed by atoms with Crippen LogP contribution in [-0.4, -0.2) is 26.3 Å². The number of benzene rings is 1. The van der Waals surface area contributed by atoms with Crippen LogP contribution in [0.3, 0.4) is 0 Å². The van der Waals surface area contributed by atoms with Gasteiger partial charge in [-0.05, 0) is 38.1 Å². The van der Waals surface area contributed by atoms with Gasteiger partial charge in [0.15, 0.2) is 0 Å². The van der Waals surface area contributed by atoms with Crippen molar-refractivity contribution in [2.24, 2.45) is 5.92 Å². The quantitative estimate of drug-likeness (QED) is 0.738. The molecule has 1 aromatic carbocycles. The molecule has 0 amide bonds. The molecule has 0 radical (unpaired) electrons. The fourth-order valence-electron chi connectivity index (χ4n) is 1.35. The van der Waals surface area contributed by atoms with Crippen LogP contribution >= 0.6 is 0 Å². The van der Waals surface area contributed by atoms with E-state index >= 15 is 0 Å². The Balaban J connectivity index is 2.60. The first kappa shape index (κ1) is 13.4. The Labute approximate surface area is 101 Å². The summed E-state index contributed by atoms with van der Waals surface area (Å²) in [5.41, 5.74) is 0. The first-order chi connectivity index (χ1) is 8.08. The summed E-state index contributed by atoms with van der Waals surface area (Å²) < 4.78 is 15.4. The maximum atomic E-state index is 11.3. The maximum Gasteiger partial charge on any atom is 0.312 e. The van der Waals surface area contributed by atoms with Gasteiger partial charge in [-0.15, -0.1) is 0 Å². The second-order valence-electron chi connectivity index (χ2n) is 3.81. The summed E-state index contributed by atoms with van der Waals surface area (Å²) in [4.78, 5) is 11.3. The van der Waals surface area contributed by atoms with Crippen LogP contribution in [-0.2, 0) is 9.53 Å². The van der Waals surface area contributed by atoms with Gasteiger partial charge in [-0.3, -0.25) is 4.79 Å². The van der Waals surface area contributed by atoms with E-state index in [0.717, 1.165) is 5.75 Å². The van der Waals surface area contributed by atoms with Crippen molar-refractivity contribution in [3.63, 3.8) is 0 Å². The SMILES string of the molecule is COC(=O)C(C)C(C)Oc1ccc(OC)cc1. The van der Waals surface area contributed by atoms with Gasteiger partial charge in [-0.2, -0.15) is 0 Å². The minimum Gasteiger partial charge on any atom is -0.497 e. The molecular weight excluding hydrogens is 220 g/mol. The van der Waals surface area contributed by atoms with Crippen molar-refractivity contribution in [2.75, 3.05) is 14.2 Å². The molecule has 0 saturated heterocycles. The molecule has 1 aromatic rings. The molecule has 0 aliphatic heterocycles. The van der Waals surface area contributed by atoms with Crippen molar-refractivity contribution in [2.45, 2.75) is 20.0 Å². The third-order valence-electron chi connectivity index (χ3n) is 2.66. The van der Waals surface area contributed by atoms with Crippen LogP contribution in [0, 0.1) is 5.92 Å². The van der Waals surface area contributed by atoms with Gasteiger partial charge in [0, 0.05) is 0 Å². The van der Waals surface area contributed by atoms with E-state index in [0.29, 0.717) is 5.75 Å². The average Bonchev–Trinajstić information content (AvgIpc) is 2.37. The van der Waals surface area contributed by atoms with E-state index in [4.69, 9.17) is 9.47 Å². The van der Waals surface area contributed by atoms with Gasteiger partial charge in [-0.25, -0.2) is 0 Å². The van der Waals surface area contributed by atoms with Crippen molar-refractivity contribution >= 4 is 5.97 Å². The van der Waals surface area contributed by atoms with Gasteiger partial charge in [-0.1, -0.05) is 0 Å². The highest BCUT2D eigenvalue weighted by Gasteiger charge is 2.22. The molecule has 0 aliphatic carbocycles. The normalized spacial score (nSPS) is 13.6. The Bertz CT molecular complexity index is 358. The van der Waals surface area contributed by atoms with E-state index in [2.05, 4.69) is 4.74 Å². The molecule has 0 aliphatic rings. The molecule has 94 valence electrons. The van der Waals surface area contributed by atoms with Crippen molar-refractivity contribution in [3.05, 3.63) is 24.3 Å². The average molecular weight is 238 g/mol. The third-order valence-corrected chi connectivity index (χ3v) is 2.66. The summed E-state index contributed by atoms with van der Waals surface area (Å²) in [7, 11) is 2.98. The topological polar surface area (TPSA) is 44.8 Å². The van der Waals surface area contributed by atoms with Crippen LogP contribution in [0.4, 0.5) is 0 Å². The molecular formula is C13H18O4. The second-order valence-corrected chi connectivity index (χ2v) is 3.81. The number of hydrogen-bond donors (Lipinski definition) is 0. The number of carbonyl (C=O) groups excluding carboxylic acids is 1. The van der Waals surface area contributed by atoms with E-state index in [1.807, 2.05) is 19.1 Å². The summed E-state index contributed by atoms with van der Waals surface area (Å²) in [5, 5.41) is 0. The van der Waals surface area contributed by atoms with Gasteiger partial charge >= 0.3 is 5.97 Å². The number of esters is 1. The Hall–Kier alpha value is -1.71. The fraction of sp³-hybridized carbons (Fsp3) is 0.462. The van der Waals surface area contributed by atoms with Gasteiger partial charge in [0.25, 0.3) is 0 Å². The van der Waals surface area contributed by atoms with Gasteiger partial charge in [0.2, 0.25) is 0 Å². The van der Waals surface area contributed by atoms with Crippen LogP contribution in [0.1, 0.15) is 13.8 Å². The predicted octanol–water partition coefficient (Wildman–Crippen LogP) is 2.27. The lowest BCUT2D eigenvalue weighted by Crippen LogP contribution is -2.29. The van der Waals surface area contributed by atoms with E-state index in [9.17, 15) is 4.79 Å². The van der Waals surface area contributed by atoms with Crippen LogP contribution in [0.25, 0.3) is 0 Å². The highest BCUT2D eigenvalue weighted by atomic mass is 16.5. The van der Waals surface area contributed by atoms with Crippen molar-refractivity contribution in [1.82, 2.24) is 0 Å². The van der Waals surface area contributed by atoms with Crippen LogP contribution in [0.15, 0.2) is 24.3 Å². The summed E-state index contributed by atoms with van der Waals surface area (Å²) in [5.74, 6) is 0.896. The number of rotatable bonds is 5. The number of hydrogen-bond acceptors (Lipinski definition) is 4. The minimum atomic E-state index is -0.304. The molecule has 1 rings (SSSR count). The first-order valence-electron chi connectivity index (χ1n) is 5.47. The number of ether oxygens (including phenoxy) is 3. The standard InChI is InChI=1S/C13H18O4/c1-9(13(14)16-4)10(2)17-12-7-5-11(15-3)6-8-12/h5-10H,1-4H3. The van der Waals surface area contributed by atoms with Crippen LogP contribution in [0.2, 0.25) is 0 Å². The van der Waals surface area contributed by atoms with Gasteiger partial charge in [0.1, 0.15) is 17.6 Å². The molecule has 17 heavy (non-hydrogen) atoms. The molecule has 2 atom stereocenters. The summed E-state index contributed by atoms with van der Waals surface area (Å²) in [6.07, 6.45) is -0.240. The molecule has 0 aromatic heterocycles. The van der Waals surface area contributed by atoms with Gasteiger partial charge < -0.3 is 14.2 Å². The Kier molecular flexibility index (Phi) is 4.82. The Morgan fingerprint density at radius 3 is 2.06 bits per heavy atom. The summed E-state index contributed by atoms with van der Waals surface area (Å²) in [6, 6.07) is 7.23. The Morgan fingerprint density at radius 1 is 1.06 bits per heavy atom.